The molecule has 0 saturated carbocycles. The van der Waals surface area contributed by atoms with Crippen molar-refractivity contribution in [2.45, 2.75) is 23.0 Å². The number of hydrogen-bond acceptors (Lipinski definition) is 7. The lowest BCUT2D eigenvalue weighted by Crippen LogP contribution is -2.60. The second-order valence-corrected chi connectivity index (χ2v) is 9.24. The van der Waals surface area contributed by atoms with Gasteiger partial charge in [0.05, 0.1) is 11.9 Å². The quantitative estimate of drug-likeness (QED) is 0.488. The molecule has 3 aliphatic rings. The van der Waals surface area contributed by atoms with Gasteiger partial charge in [-0.25, -0.2) is 27.1 Å². The van der Waals surface area contributed by atoms with Crippen LogP contribution in [-0.2, 0) is 24.8 Å². The standard InChI is InChI=1S/C7H14N2O3S.C3H8N2O2S.ClH/c8-13(10,11)7-3-9(4-7)6-1-2-12-5-6;4-8(6,7)3-1-5-2-3;/h6-7H,1-5H2,(H2,8,10,11);3,5H,1-2H2,(H2,4,6,7);1H. The molecule has 3 rings (SSSR count). The molecule has 0 aliphatic carbocycles. The first-order chi connectivity index (χ1) is 9.68. The SMILES string of the molecule is Cl.NS(=O)(=O)C1CN(C2CCOC2)C1.NS(=O)(=O)C1CNC1. The van der Waals surface area contributed by atoms with E-state index in [-0.39, 0.29) is 22.9 Å². The Morgan fingerprint density at radius 2 is 1.55 bits per heavy atom. The minimum absolute atomic E-state index is 0. The van der Waals surface area contributed by atoms with Gasteiger partial charge < -0.3 is 10.1 Å². The lowest BCUT2D eigenvalue weighted by molar-refractivity contribution is 0.100. The van der Waals surface area contributed by atoms with E-state index in [1.54, 1.807) is 0 Å². The Bertz CT molecular complexity index is 554. The number of primary sulfonamides is 2. The van der Waals surface area contributed by atoms with Gasteiger partial charge in [-0.05, 0) is 6.42 Å². The second-order valence-electron chi connectivity index (χ2n) is 5.55. The van der Waals surface area contributed by atoms with Crippen LogP contribution in [0.1, 0.15) is 6.42 Å². The molecule has 9 nitrogen and oxygen atoms in total. The van der Waals surface area contributed by atoms with E-state index in [9.17, 15) is 16.8 Å². The molecule has 12 heteroatoms. The number of halogens is 1. The molecule has 0 aromatic carbocycles. The molecule has 0 aromatic heterocycles. The molecule has 1 unspecified atom stereocenters. The second kappa shape index (κ2) is 7.71. The lowest BCUT2D eigenvalue weighted by Gasteiger charge is -2.41. The molecule has 0 aromatic rings. The van der Waals surface area contributed by atoms with Gasteiger partial charge in [0.2, 0.25) is 20.0 Å². The number of rotatable bonds is 3. The van der Waals surface area contributed by atoms with Gasteiger partial charge in [0.15, 0.2) is 0 Å². The van der Waals surface area contributed by atoms with Gasteiger partial charge in [0.25, 0.3) is 0 Å². The molecule has 0 radical (unpaired) electrons. The molecule has 3 saturated heterocycles. The summed E-state index contributed by atoms with van der Waals surface area (Å²) in [5.74, 6) is 0. The zero-order chi connectivity index (χ0) is 15.7. The van der Waals surface area contributed by atoms with Gasteiger partial charge >= 0.3 is 0 Å². The van der Waals surface area contributed by atoms with Crippen molar-refractivity contribution in [3.63, 3.8) is 0 Å². The van der Waals surface area contributed by atoms with Gasteiger partial charge in [-0.3, -0.25) is 4.90 Å². The molecule has 1 atom stereocenters. The van der Waals surface area contributed by atoms with E-state index in [4.69, 9.17) is 15.0 Å². The van der Waals surface area contributed by atoms with Crippen LogP contribution in [0.2, 0.25) is 0 Å². The number of sulfonamides is 2. The zero-order valence-corrected chi connectivity index (χ0v) is 14.5. The highest BCUT2D eigenvalue weighted by Crippen LogP contribution is 2.21. The van der Waals surface area contributed by atoms with Crippen LogP contribution < -0.4 is 15.6 Å². The molecule has 3 heterocycles. The van der Waals surface area contributed by atoms with E-state index in [2.05, 4.69) is 10.2 Å². The van der Waals surface area contributed by atoms with Gasteiger partial charge in [0.1, 0.15) is 5.25 Å². The summed E-state index contributed by atoms with van der Waals surface area (Å²) in [6.07, 6.45) is 1.01. The van der Waals surface area contributed by atoms with Crippen LogP contribution in [0.25, 0.3) is 0 Å². The average molecular weight is 379 g/mol. The van der Waals surface area contributed by atoms with Crippen LogP contribution in [0.5, 0.6) is 0 Å². The number of ether oxygens (including phenoxy) is 1. The Hall–Kier alpha value is -0.0100. The van der Waals surface area contributed by atoms with Crippen LogP contribution in [0.4, 0.5) is 0 Å². The van der Waals surface area contributed by atoms with E-state index in [0.717, 1.165) is 19.6 Å². The first-order valence-electron chi connectivity index (χ1n) is 6.73. The van der Waals surface area contributed by atoms with Crippen molar-refractivity contribution in [2.75, 3.05) is 39.4 Å². The third-order valence-corrected chi connectivity index (χ3v) is 6.46. The van der Waals surface area contributed by atoms with E-state index in [1.165, 1.54) is 0 Å². The van der Waals surface area contributed by atoms with Crippen molar-refractivity contribution in [1.82, 2.24) is 10.2 Å². The van der Waals surface area contributed by atoms with Gasteiger partial charge in [-0.2, -0.15) is 0 Å². The summed E-state index contributed by atoms with van der Waals surface area (Å²) < 4.78 is 47.7. The number of nitrogens with one attached hydrogen (secondary N) is 1. The predicted molar refractivity (Wildman–Crippen MR) is 84.7 cm³/mol. The minimum atomic E-state index is -3.31. The highest BCUT2D eigenvalue weighted by molar-refractivity contribution is 7.90. The summed E-state index contributed by atoms with van der Waals surface area (Å²) in [5, 5.41) is 11.9. The summed E-state index contributed by atoms with van der Waals surface area (Å²) in [5.41, 5.74) is 0. The molecule has 132 valence electrons. The maximum Gasteiger partial charge on any atom is 0.214 e. The van der Waals surface area contributed by atoms with Crippen molar-refractivity contribution in [3.8, 4) is 0 Å². The van der Waals surface area contributed by atoms with E-state index in [1.807, 2.05) is 0 Å². The van der Waals surface area contributed by atoms with E-state index in [0.29, 0.717) is 32.2 Å². The van der Waals surface area contributed by atoms with Gasteiger partial charge in [-0.1, -0.05) is 0 Å². The molecule has 22 heavy (non-hydrogen) atoms. The Labute approximate surface area is 137 Å². The fourth-order valence-corrected chi connectivity index (χ4v) is 3.78. The lowest BCUT2D eigenvalue weighted by atomic mass is 10.1. The fraction of sp³-hybridized carbons (Fsp3) is 1.00. The van der Waals surface area contributed by atoms with Crippen molar-refractivity contribution in [3.05, 3.63) is 0 Å². The summed E-state index contributed by atoms with van der Waals surface area (Å²) >= 11 is 0. The molecule has 3 aliphatic heterocycles. The Balaban J connectivity index is 0.000000234. The van der Waals surface area contributed by atoms with Crippen molar-refractivity contribution in [2.24, 2.45) is 10.3 Å². The van der Waals surface area contributed by atoms with Crippen molar-refractivity contribution >= 4 is 32.5 Å². The molecule has 0 amide bonds. The van der Waals surface area contributed by atoms with Crippen LogP contribution >= 0.6 is 12.4 Å². The smallest absolute Gasteiger partial charge is 0.214 e. The monoisotopic (exact) mass is 378 g/mol. The third kappa shape index (κ3) is 5.27. The van der Waals surface area contributed by atoms with Crippen LogP contribution in [0, 0.1) is 0 Å². The largest absolute Gasteiger partial charge is 0.380 e. The van der Waals surface area contributed by atoms with Crippen molar-refractivity contribution < 1.29 is 21.6 Å². The van der Waals surface area contributed by atoms with Crippen LogP contribution in [-0.4, -0.2) is 77.7 Å². The number of nitrogens with two attached hydrogens (primary N) is 2. The number of likely N-dealkylation sites (tertiary alicyclic amines) is 1. The Morgan fingerprint density at radius 1 is 1.00 bits per heavy atom. The first-order valence-corrected chi connectivity index (χ1v) is 9.95. The predicted octanol–water partition coefficient (Wildman–Crippen LogP) is -2.58. The van der Waals surface area contributed by atoms with Crippen molar-refractivity contribution in [1.29, 1.82) is 0 Å². The highest BCUT2D eigenvalue weighted by Gasteiger charge is 2.39. The minimum Gasteiger partial charge on any atom is -0.380 e. The topological polar surface area (TPSA) is 145 Å². The Kier molecular flexibility index (Phi) is 7.02. The summed E-state index contributed by atoms with van der Waals surface area (Å²) in [4.78, 5) is 2.13. The Morgan fingerprint density at radius 3 is 1.82 bits per heavy atom. The number of nitrogens with zero attached hydrogens (tertiary/aromatic N) is 1. The molecular weight excluding hydrogens is 356 g/mol. The van der Waals surface area contributed by atoms with E-state index >= 15 is 0 Å². The van der Waals surface area contributed by atoms with Crippen LogP contribution in [0.3, 0.4) is 0 Å². The van der Waals surface area contributed by atoms with Gasteiger partial charge in [-0.15, -0.1) is 12.4 Å². The molecule has 0 spiro atoms. The molecule has 0 bridgehead atoms. The highest BCUT2D eigenvalue weighted by atomic mass is 35.5. The normalized spacial score (nSPS) is 27.1. The number of hydrogen-bond donors (Lipinski definition) is 3. The molecular formula is C10H23ClN4O5S2. The summed E-state index contributed by atoms with van der Waals surface area (Å²) in [6.45, 7) is 3.70. The zero-order valence-electron chi connectivity index (χ0n) is 12.0. The van der Waals surface area contributed by atoms with Gasteiger partial charge in [0, 0.05) is 38.8 Å². The maximum atomic E-state index is 10.9. The first kappa shape index (κ1) is 20.0. The third-order valence-electron chi connectivity index (χ3n) is 3.97. The summed E-state index contributed by atoms with van der Waals surface area (Å²) in [7, 11) is -6.54. The fourth-order valence-electron chi connectivity index (χ4n) is 2.28. The average Bonchev–Trinajstić information content (AvgIpc) is 2.60. The molecule has 5 N–H and O–H groups in total. The van der Waals surface area contributed by atoms with Crippen LogP contribution in [0.15, 0.2) is 0 Å². The van der Waals surface area contributed by atoms with E-state index < -0.39 is 20.0 Å². The summed E-state index contributed by atoms with van der Waals surface area (Å²) in [6, 6.07) is 0.415. The molecule has 3 fully saturated rings. The maximum absolute atomic E-state index is 10.9.